The molecule has 0 bridgehead atoms. The zero-order chi connectivity index (χ0) is 19.6. The van der Waals surface area contributed by atoms with E-state index in [-0.39, 0.29) is 17.9 Å². The third-order valence-electron chi connectivity index (χ3n) is 7.08. The molecule has 1 unspecified atom stereocenters. The van der Waals surface area contributed by atoms with Gasteiger partial charge in [-0.1, -0.05) is 37.8 Å². The topological polar surface area (TPSA) is 58.6 Å². The highest BCUT2D eigenvalue weighted by Gasteiger charge is 2.47. The van der Waals surface area contributed by atoms with Gasteiger partial charge in [0.2, 0.25) is 11.8 Å². The molecule has 152 valence electrons. The van der Waals surface area contributed by atoms with Crippen LogP contribution in [-0.2, 0) is 15.0 Å². The molecule has 1 aromatic rings. The number of carbonyl (C=O) groups excluding carboxylic acids is 2. The van der Waals surface area contributed by atoms with Gasteiger partial charge in [0.05, 0.1) is 12.5 Å². The average Bonchev–Trinajstić information content (AvgIpc) is 2.70. The maximum Gasteiger partial charge on any atom is 0.245 e. The fourth-order valence-corrected chi connectivity index (χ4v) is 5.17. The molecule has 0 spiro atoms. The molecule has 3 aliphatic rings. The van der Waals surface area contributed by atoms with E-state index in [1.165, 1.54) is 19.3 Å². The first kappa shape index (κ1) is 19.3. The highest BCUT2D eigenvalue weighted by molar-refractivity contribution is 5.94. The summed E-state index contributed by atoms with van der Waals surface area (Å²) in [5.41, 5.74) is 0.545. The van der Waals surface area contributed by atoms with Crippen molar-refractivity contribution in [3.63, 3.8) is 0 Å². The number of methoxy groups -OCH3 is 1. The smallest absolute Gasteiger partial charge is 0.245 e. The number of benzene rings is 1. The van der Waals surface area contributed by atoms with Gasteiger partial charge in [-0.3, -0.25) is 9.59 Å². The van der Waals surface area contributed by atoms with Gasteiger partial charge in [-0.2, -0.15) is 0 Å². The Morgan fingerprint density at radius 3 is 2.36 bits per heavy atom. The van der Waals surface area contributed by atoms with E-state index in [1.54, 1.807) is 7.11 Å². The molecule has 2 aliphatic carbocycles. The molecular weight excluding hydrogens is 352 g/mol. The monoisotopic (exact) mass is 384 g/mol. The van der Waals surface area contributed by atoms with Gasteiger partial charge in [-0.25, -0.2) is 0 Å². The summed E-state index contributed by atoms with van der Waals surface area (Å²) in [5, 5.41) is 3.15. The molecule has 5 nitrogen and oxygen atoms in total. The molecule has 0 radical (unpaired) electrons. The van der Waals surface area contributed by atoms with E-state index in [0.717, 1.165) is 62.8 Å². The van der Waals surface area contributed by atoms with Gasteiger partial charge in [0.25, 0.3) is 0 Å². The number of amides is 2. The van der Waals surface area contributed by atoms with E-state index < -0.39 is 5.41 Å². The second-order valence-electron chi connectivity index (χ2n) is 8.66. The summed E-state index contributed by atoms with van der Waals surface area (Å²) in [6.45, 7) is 0.847. The molecule has 28 heavy (non-hydrogen) atoms. The minimum absolute atomic E-state index is 0.0211. The number of nitrogens with zero attached hydrogens (tertiary/aromatic N) is 1. The number of ether oxygens (including phenoxy) is 1. The molecule has 2 amide bonds. The largest absolute Gasteiger partial charge is 0.497 e. The van der Waals surface area contributed by atoms with E-state index >= 15 is 0 Å². The predicted molar refractivity (Wildman–Crippen MR) is 108 cm³/mol. The quantitative estimate of drug-likeness (QED) is 0.844. The number of hydrogen-bond acceptors (Lipinski definition) is 3. The maximum absolute atomic E-state index is 13.3. The van der Waals surface area contributed by atoms with Crippen LogP contribution in [0, 0.1) is 0 Å². The van der Waals surface area contributed by atoms with E-state index in [9.17, 15) is 9.59 Å². The fraction of sp³-hybridized carbons (Fsp3) is 0.652. The van der Waals surface area contributed by atoms with Gasteiger partial charge >= 0.3 is 0 Å². The number of piperidine rings is 1. The van der Waals surface area contributed by atoms with Crippen molar-refractivity contribution in [3.8, 4) is 5.75 Å². The number of nitrogens with one attached hydrogen (secondary N) is 1. The van der Waals surface area contributed by atoms with Crippen LogP contribution in [0.2, 0.25) is 0 Å². The van der Waals surface area contributed by atoms with Crippen LogP contribution in [0.1, 0.15) is 69.8 Å². The summed E-state index contributed by atoms with van der Waals surface area (Å²) >= 11 is 0. The molecule has 3 fully saturated rings. The van der Waals surface area contributed by atoms with Gasteiger partial charge < -0.3 is 15.0 Å². The Labute approximate surface area is 167 Å². The van der Waals surface area contributed by atoms with Crippen LogP contribution in [0.5, 0.6) is 5.75 Å². The third kappa shape index (κ3) is 3.51. The van der Waals surface area contributed by atoms with Gasteiger partial charge in [0, 0.05) is 12.6 Å². The zero-order valence-electron chi connectivity index (χ0n) is 16.9. The van der Waals surface area contributed by atoms with E-state index in [1.807, 2.05) is 24.3 Å². The van der Waals surface area contributed by atoms with Crippen LogP contribution in [0.4, 0.5) is 0 Å². The first-order valence-corrected chi connectivity index (χ1v) is 10.9. The number of carbonyl (C=O) groups is 2. The van der Waals surface area contributed by atoms with Crippen molar-refractivity contribution in [2.45, 2.75) is 81.7 Å². The Kier molecular flexibility index (Phi) is 5.61. The molecular formula is C23H32N2O3. The summed E-state index contributed by atoms with van der Waals surface area (Å²) in [4.78, 5) is 28.5. The number of likely N-dealkylation sites (tertiary alicyclic amines) is 1. The first-order valence-electron chi connectivity index (χ1n) is 10.9. The second kappa shape index (κ2) is 8.14. The summed E-state index contributed by atoms with van der Waals surface area (Å²) in [6, 6.07) is 7.83. The molecule has 4 rings (SSSR count). The molecule has 1 heterocycles. The molecule has 5 heteroatoms. The first-order chi connectivity index (χ1) is 13.6. The van der Waals surface area contributed by atoms with E-state index in [2.05, 4.69) is 10.2 Å². The van der Waals surface area contributed by atoms with Crippen molar-refractivity contribution in [2.24, 2.45) is 0 Å². The van der Waals surface area contributed by atoms with Crippen LogP contribution in [0.3, 0.4) is 0 Å². The van der Waals surface area contributed by atoms with Crippen LogP contribution >= 0.6 is 0 Å². The Morgan fingerprint density at radius 1 is 1.04 bits per heavy atom. The molecule has 1 N–H and O–H groups in total. The van der Waals surface area contributed by atoms with Crippen molar-refractivity contribution in [3.05, 3.63) is 29.8 Å². The summed E-state index contributed by atoms with van der Waals surface area (Å²) in [7, 11) is 1.65. The SMILES string of the molecule is COc1ccc(C2(C(=O)NC3CCCN(C4CCCCC4)C3=O)CCC2)cc1. The van der Waals surface area contributed by atoms with Crippen LogP contribution < -0.4 is 10.1 Å². The number of rotatable bonds is 5. The number of hydrogen-bond donors (Lipinski definition) is 1. The molecule has 1 saturated heterocycles. The lowest BCUT2D eigenvalue weighted by Gasteiger charge is -2.44. The average molecular weight is 385 g/mol. The van der Waals surface area contributed by atoms with Gasteiger partial charge in [0.1, 0.15) is 11.8 Å². The van der Waals surface area contributed by atoms with Crippen LogP contribution in [0.15, 0.2) is 24.3 Å². The van der Waals surface area contributed by atoms with Crippen molar-refractivity contribution in [1.82, 2.24) is 10.2 Å². The fourth-order valence-electron chi connectivity index (χ4n) is 5.17. The van der Waals surface area contributed by atoms with Gasteiger partial charge in [-0.15, -0.1) is 0 Å². The Hall–Kier alpha value is -2.04. The Bertz CT molecular complexity index is 705. The summed E-state index contributed by atoms with van der Waals surface area (Å²) in [5.74, 6) is 0.952. The minimum atomic E-state index is -0.486. The van der Waals surface area contributed by atoms with Crippen molar-refractivity contribution in [2.75, 3.05) is 13.7 Å². The normalized spacial score (nSPS) is 25.1. The highest BCUT2D eigenvalue weighted by atomic mass is 16.5. The Morgan fingerprint density at radius 2 is 1.75 bits per heavy atom. The van der Waals surface area contributed by atoms with Crippen LogP contribution in [-0.4, -0.2) is 42.5 Å². The van der Waals surface area contributed by atoms with Crippen molar-refractivity contribution >= 4 is 11.8 Å². The highest BCUT2D eigenvalue weighted by Crippen LogP contribution is 2.44. The minimum Gasteiger partial charge on any atom is -0.497 e. The van der Waals surface area contributed by atoms with E-state index in [4.69, 9.17) is 4.74 Å². The molecule has 1 atom stereocenters. The van der Waals surface area contributed by atoms with Crippen LogP contribution in [0.25, 0.3) is 0 Å². The molecule has 1 aliphatic heterocycles. The molecule has 2 saturated carbocycles. The van der Waals surface area contributed by atoms with E-state index in [0.29, 0.717) is 6.04 Å². The maximum atomic E-state index is 13.3. The summed E-state index contributed by atoms with van der Waals surface area (Å²) in [6.07, 6.45) is 10.4. The lowest BCUT2D eigenvalue weighted by molar-refractivity contribution is -0.143. The zero-order valence-corrected chi connectivity index (χ0v) is 16.9. The predicted octanol–water partition coefficient (Wildman–Crippen LogP) is 3.56. The lowest BCUT2D eigenvalue weighted by Crippen LogP contribution is -2.59. The standard InChI is InChI=1S/C23H32N2O3/c1-28-19-12-10-17(11-13-19)23(14-6-15-23)22(27)24-20-9-5-16-25(21(20)26)18-7-3-2-4-8-18/h10-13,18,20H,2-9,14-16H2,1H3,(H,24,27). The van der Waals surface area contributed by atoms with Gasteiger partial charge in [-0.05, 0) is 56.2 Å². The third-order valence-corrected chi connectivity index (χ3v) is 7.08. The molecule has 1 aromatic carbocycles. The lowest BCUT2D eigenvalue weighted by atomic mass is 9.63. The molecule has 0 aromatic heterocycles. The Balaban J connectivity index is 1.46. The van der Waals surface area contributed by atoms with Crippen molar-refractivity contribution in [1.29, 1.82) is 0 Å². The van der Waals surface area contributed by atoms with Crippen molar-refractivity contribution < 1.29 is 14.3 Å². The van der Waals surface area contributed by atoms with Gasteiger partial charge in [0.15, 0.2) is 0 Å². The second-order valence-corrected chi connectivity index (χ2v) is 8.66. The summed E-state index contributed by atoms with van der Waals surface area (Å²) < 4.78 is 5.25.